The molecule has 0 spiro atoms. The first-order chi connectivity index (χ1) is 20.2. The number of carbonyl (C=O) groups is 2. The molecule has 0 aliphatic rings. The second-order valence-corrected chi connectivity index (χ2v) is 10.1. The Morgan fingerprint density at radius 1 is 0.881 bits per heavy atom. The van der Waals surface area contributed by atoms with Crippen LogP contribution in [0.4, 0.5) is 0 Å². The number of benzene rings is 2. The Hall–Kier alpha value is -3.63. The van der Waals surface area contributed by atoms with Crippen molar-refractivity contribution >= 4 is 11.9 Å². The highest BCUT2D eigenvalue weighted by molar-refractivity contribution is 5.84. The summed E-state index contributed by atoms with van der Waals surface area (Å²) in [4.78, 5) is 26.3. The van der Waals surface area contributed by atoms with Gasteiger partial charge in [0.1, 0.15) is 6.04 Å². The number of H-pyrrole nitrogens is 1. The van der Waals surface area contributed by atoms with Crippen LogP contribution >= 0.6 is 0 Å². The Morgan fingerprint density at radius 3 is 1.88 bits per heavy atom. The van der Waals surface area contributed by atoms with Crippen LogP contribution in [0.3, 0.4) is 0 Å². The summed E-state index contributed by atoms with van der Waals surface area (Å²) >= 11 is 0. The summed E-state index contributed by atoms with van der Waals surface area (Å²) in [5, 5.41) is 30.1. The van der Waals surface area contributed by atoms with E-state index in [-0.39, 0.29) is 18.4 Å². The lowest BCUT2D eigenvalue weighted by Gasteiger charge is -2.32. The molecule has 4 N–H and O–H groups in total. The van der Waals surface area contributed by atoms with Crippen molar-refractivity contribution in [2.45, 2.75) is 80.3 Å². The number of aromatic amines is 1. The highest BCUT2D eigenvalue weighted by Gasteiger charge is 2.32. The van der Waals surface area contributed by atoms with E-state index in [0.717, 1.165) is 61.3 Å². The lowest BCUT2D eigenvalue weighted by atomic mass is 9.97. The standard InChI is InChI=1S/C24H29N5O3.2C4H11N/c1-4-5-10-21(30)29(22(16(2)3)24(31)32)15-17-11-13-18(14-12-17)19-8-6-7-9-20(19)23-25-27-28-26-23;2*1-3-5-4-2/h6-9,11-14,16,22H,4-5,10,15H2,1-3H3,(H,31,32)(H,25,26,27,28);2*5H,3-4H2,1-2H3/t22-;;/m0../s1. The van der Waals surface area contributed by atoms with Crippen LogP contribution < -0.4 is 10.6 Å². The van der Waals surface area contributed by atoms with Crippen LogP contribution in [0.5, 0.6) is 0 Å². The first-order valence-corrected chi connectivity index (χ1v) is 15.1. The number of aliphatic carboxylic acids is 1. The number of carboxylic acids is 1. The van der Waals surface area contributed by atoms with Gasteiger partial charge in [-0.3, -0.25) is 4.79 Å². The predicted octanol–water partition coefficient (Wildman–Crippen LogP) is 5.39. The normalized spacial score (nSPS) is 11.1. The Morgan fingerprint density at radius 2 is 1.45 bits per heavy atom. The fourth-order valence-corrected chi connectivity index (χ4v) is 4.29. The van der Waals surface area contributed by atoms with Gasteiger partial charge in [0.2, 0.25) is 5.91 Å². The minimum absolute atomic E-state index is 0.125. The van der Waals surface area contributed by atoms with Gasteiger partial charge < -0.3 is 20.6 Å². The van der Waals surface area contributed by atoms with Gasteiger partial charge >= 0.3 is 5.97 Å². The van der Waals surface area contributed by atoms with E-state index in [0.29, 0.717) is 12.2 Å². The molecule has 10 nitrogen and oxygen atoms in total. The smallest absolute Gasteiger partial charge is 0.326 e. The zero-order valence-electron chi connectivity index (χ0n) is 26.5. The molecule has 3 rings (SSSR count). The molecule has 0 radical (unpaired) electrons. The lowest BCUT2D eigenvalue weighted by molar-refractivity contribution is -0.153. The lowest BCUT2D eigenvalue weighted by Crippen LogP contribution is -2.47. The number of nitrogens with one attached hydrogen (secondary N) is 3. The van der Waals surface area contributed by atoms with Crippen LogP contribution in [-0.2, 0) is 16.1 Å². The number of amides is 1. The summed E-state index contributed by atoms with van der Waals surface area (Å²) in [6, 6.07) is 14.8. The second kappa shape index (κ2) is 21.1. The summed E-state index contributed by atoms with van der Waals surface area (Å²) in [6.45, 7) is 18.7. The van der Waals surface area contributed by atoms with Crippen molar-refractivity contribution < 1.29 is 14.7 Å². The van der Waals surface area contributed by atoms with E-state index in [1.165, 1.54) is 4.90 Å². The number of nitrogens with zero attached hydrogens (tertiary/aromatic N) is 4. The van der Waals surface area contributed by atoms with Crippen molar-refractivity contribution in [3.63, 3.8) is 0 Å². The average molecular weight is 582 g/mol. The number of hydrogen-bond donors (Lipinski definition) is 4. The molecule has 0 aliphatic carbocycles. The summed E-state index contributed by atoms with van der Waals surface area (Å²) < 4.78 is 0. The average Bonchev–Trinajstić information content (AvgIpc) is 3.52. The molecule has 1 amide bonds. The molecular formula is C32H51N7O3. The molecular weight excluding hydrogens is 530 g/mol. The van der Waals surface area contributed by atoms with Crippen molar-refractivity contribution in [1.82, 2.24) is 36.2 Å². The van der Waals surface area contributed by atoms with Crippen molar-refractivity contribution in [2.75, 3.05) is 26.2 Å². The first kappa shape index (κ1) is 36.4. The van der Waals surface area contributed by atoms with Gasteiger partial charge in [0, 0.05) is 18.5 Å². The molecule has 3 aromatic rings. The van der Waals surface area contributed by atoms with Gasteiger partial charge in [0.15, 0.2) is 5.82 Å². The van der Waals surface area contributed by atoms with Gasteiger partial charge in [0.25, 0.3) is 0 Å². The third-order valence-electron chi connectivity index (χ3n) is 6.43. The number of carboxylic acid groups (broad SMARTS) is 1. The molecule has 0 fully saturated rings. The summed E-state index contributed by atoms with van der Waals surface area (Å²) in [5.41, 5.74) is 3.71. The Kier molecular flexibility index (Phi) is 18.3. The van der Waals surface area contributed by atoms with E-state index in [9.17, 15) is 14.7 Å². The topological polar surface area (TPSA) is 136 Å². The molecule has 0 unspecified atom stereocenters. The predicted molar refractivity (Wildman–Crippen MR) is 170 cm³/mol. The van der Waals surface area contributed by atoms with E-state index in [1.807, 2.05) is 69.3 Å². The first-order valence-electron chi connectivity index (χ1n) is 15.1. The maximum Gasteiger partial charge on any atom is 0.326 e. The molecule has 0 saturated carbocycles. The van der Waals surface area contributed by atoms with Gasteiger partial charge in [-0.05, 0) is 65.6 Å². The van der Waals surface area contributed by atoms with E-state index in [1.54, 1.807) is 0 Å². The summed E-state index contributed by atoms with van der Waals surface area (Å²) in [6.07, 6.45) is 1.98. The number of tetrazole rings is 1. The molecule has 1 aromatic heterocycles. The van der Waals surface area contributed by atoms with Gasteiger partial charge in [-0.1, -0.05) is 103 Å². The fraction of sp³-hybridized carbons (Fsp3) is 0.531. The Balaban J connectivity index is 0.000000759. The SMILES string of the molecule is CCCCC(=O)N(Cc1ccc(-c2ccccc2-c2nnn[nH]2)cc1)[C@H](C(=O)O)C(C)C.CCNCC.CCNCC. The molecule has 2 aromatic carbocycles. The largest absolute Gasteiger partial charge is 0.480 e. The highest BCUT2D eigenvalue weighted by atomic mass is 16.4. The quantitative estimate of drug-likeness (QED) is 0.199. The van der Waals surface area contributed by atoms with Crippen LogP contribution in [0.15, 0.2) is 48.5 Å². The zero-order chi connectivity index (χ0) is 31.3. The van der Waals surface area contributed by atoms with Gasteiger partial charge in [-0.25, -0.2) is 9.89 Å². The van der Waals surface area contributed by atoms with Gasteiger partial charge in [0.05, 0.1) is 0 Å². The van der Waals surface area contributed by atoms with Crippen molar-refractivity contribution in [1.29, 1.82) is 0 Å². The Labute approximate surface area is 251 Å². The van der Waals surface area contributed by atoms with Crippen molar-refractivity contribution in [3.05, 3.63) is 54.1 Å². The molecule has 10 heteroatoms. The summed E-state index contributed by atoms with van der Waals surface area (Å²) in [5.74, 6) is -0.713. The fourth-order valence-electron chi connectivity index (χ4n) is 4.29. The number of rotatable bonds is 14. The highest BCUT2D eigenvalue weighted by Crippen LogP contribution is 2.30. The molecule has 232 valence electrons. The van der Waals surface area contributed by atoms with Crippen LogP contribution in [0, 0.1) is 5.92 Å². The van der Waals surface area contributed by atoms with E-state index >= 15 is 0 Å². The monoisotopic (exact) mass is 581 g/mol. The minimum atomic E-state index is -0.976. The third kappa shape index (κ3) is 12.5. The Bertz CT molecular complexity index is 1130. The third-order valence-corrected chi connectivity index (χ3v) is 6.43. The number of aromatic nitrogens is 4. The maximum absolute atomic E-state index is 12.9. The van der Waals surface area contributed by atoms with Crippen molar-refractivity contribution in [3.8, 4) is 22.5 Å². The number of carbonyl (C=O) groups excluding carboxylic acids is 1. The van der Waals surface area contributed by atoms with Crippen molar-refractivity contribution in [2.24, 2.45) is 5.92 Å². The number of hydrogen-bond acceptors (Lipinski definition) is 7. The van der Waals surface area contributed by atoms with Crippen LogP contribution in [0.25, 0.3) is 22.5 Å². The maximum atomic E-state index is 12.9. The van der Waals surface area contributed by atoms with E-state index < -0.39 is 12.0 Å². The van der Waals surface area contributed by atoms with Crippen LogP contribution in [0.2, 0.25) is 0 Å². The van der Waals surface area contributed by atoms with Gasteiger partial charge in [-0.15, -0.1) is 5.10 Å². The summed E-state index contributed by atoms with van der Waals surface area (Å²) in [7, 11) is 0. The molecule has 0 bridgehead atoms. The van der Waals surface area contributed by atoms with Gasteiger partial charge in [-0.2, -0.15) is 0 Å². The van der Waals surface area contributed by atoms with Crippen LogP contribution in [-0.4, -0.2) is 74.7 Å². The van der Waals surface area contributed by atoms with Crippen LogP contribution in [0.1, 0.15) is 73.3 Å². The zero-order valence-corrected chi connectivity index (χ0v) is 26.5. The van der Waals surface area contributed by atoms with E-state index in [2.05, 4.69) is 59.0 Å². The number of unbranched alkanes of at least 4 members (excludes halogenated alkanes) is 1. The molecule has 1 heterocycles. The molecule has 0 aliphatic heterocycles. The van der Waals surface area contributed by atoms with E-state index in [4.69, 9.17) is 0 Å². The minimum Gasteiger partial charge on any atom is -0.480 e. The second-order valence-electron chi connectivity index (χ2n) is 10.1. The molecule has 42 heavy (non-hydrogen) atoms. The molecule has 1 atom stereocenters. The molecule has 0 saturated heterocycles.